The Morgan fingerprint density at radius 2 is 1.69 bits per heavy atom. The number of urea groups is 1. The zero-order chi connectivity index (χ0) is 26.0. The summed E-state index contributed by atoms with van der Waals surface area (Å²) in [6.45, 7) is 0. The lowest BCUT2D eigenvalue weighted by Gasteiger charge is -2.25. The maximum Gasteiger partial charge on any atom is 0.442 e. The number of carbonyl (C=O) groups is 2. The fourth-order valence-electron chi connectivity index (χ4n) is 3.02. The van der Waals surface area contributed by atoms with E-state index in [-0.39, 0.29) is 22.9 Å². The first kappa shape index (κ1) is 26.1. The maximum absolute atomic E-state index is 13.4. The molecule has 2 amide bonds. The Kier molecular flexibility index (Phi) is 7.16. The third-order valence-electron chi connectivity index (χ3n) is 4.52. The number of sulfonamides is 1. The Labute approximate surface area is 204 Å². The number of esters is 1. The molecule has 2 aromatic rings. The van der Waals surface area contributed by atoms with Gasteiger partial charge in [-0.15, -0.1) is 20.0 Å². The average molecular weight is 550 g/mol. The molecule has 0 bridgehead atoms. The van der Waals surface area contributed by atoms with Crippen LogP contribution in [0.3, 0.4) is 0 Å². The van der Waals surface area contributed by atoms with Crippen molar-refractivity contribution in [3.05, 3.63) is 35.4 Å². The first-order valence-electron chi connectivity index (χ1n) is 9.22. The molecular formula is C17H18ClN6O9S2+. The highest BCUT2D eigenvalue weighted by Crippen LogP contribution is 2.41. The Balaban J connectivity index is 2.07. The zero-order valence-electron chi connectivity index (χ0n) is 18.3. The van der Waals surface area contributed by atoms with Crippen molar-refractivity contribution in [2.24, 2.45) is 5.10 Å². The topological polar surface area (TPSA) is 192 Å². The van der Waals surface area contributed by atoms with Crippen LogP contribution in [0.2, 0.25) is 0 Å². The molecule has 0 aliphatic carbocycles. The van der Waals surface area contributed by atoms with Crippen LogP contribution < -0.4 is 22.9 Å². The van der Waals surface area contributed by atoms with E-state index in [1.807, 2.05) is 5.32 Å². The number of anilines is 1. The molecule has 0 radical (unpaired) electrons. The van der Waals surface area contributed by atoms with E-state index in [0.717, 1.165) is 19.4 Å². The molecule has 1 aliphatic heterocycles. The van der Waals surface area contributed by atoms with Gasteiger partial charge in [0.1, 0.15) is 6.21 Å². The average Bonchev–Trinajstić information content (AvgIpc) is 3.25. The van der Waals surface area contributed by atoms with Gasteiger partial charge in [-0.3, -0.25) is 5.32 Å². The Bertz CT molecular complexity index is 1410. The molecular weight excluding hydrogens is 532 g/mol. The number of rotatable bonds is 8. The van der Waals surface area contributed by atoms with Crippen molar-refractivity contribution in [2.45, 2.75) is 0 Å². The number of nitrogens with zero attached hydrogens (tertiary/aromatic N) is 4. The molecule has 0 saturated carbocycles. The number of carbonyl (C=O) groups excluding carboxylic acids is 2. The molecule has 2 heterocycles. The summed E-state index contributed by atoms with van der Waals surface area (Å²) in [5, 5.41) is 4.51. The number of ether oxygens (including phenoxy) is 3. The molecule has 15 nitrogen and oxygen atoms in total. The molecule has 0 spiro atoms. The van der Waals surface area contributed by atoms with Crippen molar-refractivity contribution < 1.29 is 40.6 Å². The minimum absolute atomic E-state index is 0.0170. The van der Waals surface area contributed by atoms with Crippen LogP contribution in [-0.2, 0) is 25.0 Å². The first-order valence-corrected chi connectivity index (χ1v) is 12.8. The van der Waals surface area contributed by atoms with Crippen LogP contribution in [0.5, 0.6) is 11.8 Å². The van der Waals surface area contributed by atoms with Gasteiger partial charge in [0.05, 0.1) is 41.9 Å². The lowest BCUT2D eigenvalue weighted by Crippen LogP contribution is -2.59. The van der Waals surface area contributed by atoms with Crippen molar-refractivity contribution >= 4 is 61.7 Å². The summed E-state index contributed by atoms with van der Waals surface area (Å²) in [4.78, 5) is 32.3. The summed E-state index contributed by atoms with van der Waals surface area (Å²) in [5.41, 5.74) is -0.789. The molecule has 1 aromatic carbocycles. The van der Waals surface area contributed by atoms with Crippen LogP contribution in [-0.4, -0.2) is 71.6 Å². The minimum Gasteiger partial charge on any atom is -0.481 e. The molecule has 18 heteroatoms. The van der Waals surface area contributed by atoms with Gasteiger partial charge in [-0.25, -0.2) is 9.59 Å². The molecule has 1 atom stereocenters. The van der Waals surface area contributed by atoms with Crippen LogP contribution >= 0.6 is 11.6 Å². The number of halogens is 1. The van der Waals surface area contributed by atoms with Crippen molar-refractivity contribution in [1.29, 1.82) is 0 Å². The van der Waals surface area contributed by atoms with Crippen molar-refractivity contribution in [3.8, 4) is 11.8 Å². The molecule has 35 heavy (non-hydrogen) atoms. The van der Waals surface area contributed by atoms with Crippen LogP contribution in [0.25, 0.3) is 0 Å². The quantitative estimate of drug-likeness (QED) is 0.265. The molecule has 1 aromatic heterocycles. The van der Waals surface area contributed by atoms with Crippen LogP contribution in [0.4, 0.5) is 16.4 Å². The number of alkyl halides is 1. The van der Waals surface area contributed by atoms with Crippen molar-refractivity contribution in [1.82, 2.24) is 18.1 Å². The number of aromatic nitrogens is 2. The molecule has 2 N–H and O–H groups in total. The van der Waals surface area contributed by atoms with Crippen molar-refractivity contribution in [3.63, 3.8) is 0 Å². The summed E-state index contributed by atoms with van der Waals surface area (Å²) in [5.74, 6) is -1.32. The molecule has 1 unspecified atom stereocenters. The lowest BCUT2D eigenvalue weighted by molar-refractivity contribution is 0.0600. The number of hydrogen-bond donors (Lipinski definition) is 2. The summed E-state index contributed by atoms with van der Waals surface area (Å²) < 4.78 is 66.6. The summed E-state index contributed by atoms with van der Waals surface area (Å²) in [7, 11) is -6.48. The van der Waals surface area contributed by atoms with E-state index in [4.69, 9.17) is 21.1 Å². The van der Waals surface area contributed by atoms with Crippen LogP contribution in [0, 0.1) is 0 Å². The van der Waals surface area contributed by atoms with E-state index in [9.17, 15) is 26.4 Å². The fraction of sp³-hybridized carbons (Fsp3) is 0.235. The van der Waals surface area contributed by atoms with E-state index in [1.165, 1.54) is 32.4 Å². The largest absolute Gasteiger partial charge is 0.481 e. The predicted molar refractivity (Wildman–Crippen MR) is 123 cm³/mol. The summed E-state index contributed by atoms with van der Waals surface area (Å²) >= 11 is 5.59. The first-order chi connectivity index (χ1) is 16.5. The smallest absolute Gasteiger partial charge is 0.442 e. The highest BCUT2D eigenvalue weighted by molar-refractivity contribution is 8.07. The molecule has 1 aliphatic rings. The SMILES string of the molecule is COC(=O)c1cccc2c1C=N[N+]2(S(=O)(=O)CCl)S(=O)(=O)NC(=O)Nc1nc(OC)cc(OC)n1. The monoisotopic (exact) mass is 549 g/mol. The fourth-order valence-corrected chi connectivity index (χ4v) is 6.87. The van der Waals surface area contributed by atoms with Gasteiger partial charge in [0, 0.05) is 6.07 Å². The molecule has 0 saturated heterocycles. The second kappa shape index (κ2) is 9.61. The van der Waals surface area contributed by atoms with Gasteiger partial charge in [-0.05, 0) is 11.2 Å². The standard InChI is InChI=1S/C17H17ClN6O9S2/c1-31-13-7-14(32-2)21-16(20-13)22-17(26)23-35(29,30)24(34(27,28)9-18)12-6-4-5-10(15(25)33-3)11(12)8-19-24/h4-8H,9H2,1-3H3,(H-,20,21,22,23,26)/p+1. The van der Waals surface area contributed by atoms with Crippen molar-refractivity contribution in [2.75, 3.05) is 31.9 Å². The maximum atomic E-state index is 13.4. The van der Waals surface area contributed by atoms with Gasteiger partial charge in [-0.1, -0.05) is 6.07 Å². The molecule has 0 fully saturated rings. The Morgan fingerprint density at radius 1 is 1.06 bits per heavy atom. The number of benzene rings is 1. The zero-order valence-corrected chi connectivity index (χ0v) is 20.6. The minimum atomic E-state index is -5.27. The third-order valence-corrected chi connectivity index (χ3v) is 9.32. The second-order valence-corrected chi connectivity index (χ2v) is 11.0. The lowest BCUT2D eigenvalue weighted by atomic mass is 10.1. The van der Waals surface area contributed by atoms with Gasteiger partial charge < -0.3 is 14.2 Å². The second-order valence-electron chi connectivity index (χ2n) is 6.49. The number of nitrogens with one attached hydrogen (secondary N) is 2. The Morgan fingerprint density at radius 3 is 2.23 bits per heavy atom. The Hall–Kier alpha value is -3.54. The number of amides is 2. The van der Waals surface area contributed by atoms with E-state index < -0.39 is 52.5 Å². The van der Waals surface area contributed by atoms with E-state index >= 15 is 0 Å². The highest BCUT2D eigenvalue weighted by Gasteiger charge is 2.61. The molecule has 3 rings (SSSR count). The van der Waals surface area contributed by atoms with Gasteiger partial charge in [0.15, 0.2) is 5.21 Å². The van der Waals surface area contributed by atoms with Gasteiger partial charge in [0.25, 0.3) is 0 Å². The van der Waals surface area contributed by atoms with Gasteiger partial charge in [0.2, 0.25) is 23.4 Å². The number of quaternary nitrogens is 1. The van der Waals surface area contributed by atoms with Crippen LogP contribution in [0.15, 0.2) is 29.4 Å². The van der Waals surface area contributed by atoms with Gasteiger partial charge in [-0.2, -0.15) is 23.1 Å². The van der Waals surface area contributed by atoms with Crippen LogP contribution in [0.1, 0.15) is 15.9 Å². The summed E-state index contributed by atoms with van der Waals surface area (Å²) in [6, 6.07) is 3.47. The normalized spacial score (nSPS) is 16.8. The predicted octanol–water partition coefficient (Wildman–Crippen LogP) is 0.528. The molecule has 188 valence electrons. The van der Waals surface area contributed by atoms with E-state index in [1.54, 1.807) is 4.72 Å². The summed E-state index contributed by atoms with van der Waals surface area (Å²) in [6.07, 6.45) is 0.860. The number of fused-ring (bicyclic) bond motifs is 1. The third kappa shape index (κ3) is 4.45. The van der Waals surface area contributed by atoms with Gasteiger partial charge >= 0.3 is 32.2 Å². The van der Waals surface area contributed by atoms with E-state index in [0.29, 0.717) is 0 Å². The number of methoxy groups -OCH3 is 3. The van der Waals surface area contributed by atoms with E-state index in [2.05, 4.69) is 19.8 Å². The highest BCUT2D eigenvalue weighted by atomic mass is 35.5. The number of hydrogen-bond acceptors (Lipinski definition) is 12.